The highest BCUT2D eigenvalue weighted by molar-refractivity contribution is 7.13. The van der Waals surface area contributed by atoms with E-state index in [1.165, 1.54) is 0 Å². The van der Waals surface area contributed by atoms with Crippen molar-refractivity contribution in [1.29, 1.82) is 0 Å². The quantitative estimate of drug-likeness (QED) is 0.256. The minimum absolute atomic E-state index is 0.0114. The number of aromatic nitrogens is 2. The number of allylic oxidation sites excluding steroid dienone is 1. The van der Waals surface area contributed by atoms with E-state index < -0.39 is 17.6 Å². The van der Waals surface area contributed by atoms with Crippen LogP contribution in [0.1, 0.15) is 64.0 Å². The summed E-state index contributed by atoms with van der Waals surface area (Å²) in [5.41, 5.74) is 1.35. The molecule has 3 amide bonds. The zero-order valence-electron chi connectivity index (χ0n) is 27.3. The van der Waals surface area contributed by atoms with Crippen molar-refractivity contribution >= 4 is 40.1 Å². The van der Waals surface area contributed by atoms with Crippen LogP contribution < -0.4 is 15.5 Å². The number of hydrogen-bond acceptors (Lipinski definition) is 7. The van der Waals surface area contributed by atoms with Crippen LogP contribution in [0, 0.1) is 18.8 Å². The lowest BCUT2D eigenvalue weighted by Gasteiger charge is -2.30. The highest BCUT2D eigenvalue weighted by Gasteiger charge is 2.61. The van der Waals surface area contributed by atoms with Crippen molar-refractivity contribution < 1.29 is 24.2 Å². The van der Waals surface area contributed by atoms with Gasteiger partial charge in [0.1, 0.15) is 22.3 Å². The molecule has 0 spiro atoms. The van der Waals surface area contributed by atoms with Crippen LogP contribution in [0.2, 0.25) is 0 Å². The second-order valence-corrected chi connectivity index (χ2v) is 13.1. The Morgan fingerprint density at radius 1 is 1.15 bits per heavy atom. The molecule has 0 bridgehead atoms. The third-order valence-electron chi connectivity index (χ3n) is 8.73. The number of fused-ring (bicyclic) bond motifs is 3. The fourth-order valence-corrected chi connectivity index (χ4v) is 6.82. The van der Waals surface area contributed by atoms with E-state index in [9.17, 15) is 24.3 Å². The largest absolute Gasteiger partial charge is 0.497 e. The number of carboxylic acids is 1. The van der Waals surface area contributed by atoms with Crippen LogP contribution in [0.4, 0.5) is 4.79 Å². The number of carbonyl (C=O) groups is 3. The molecule has 1 saturated heterocycles. The number of carboxylic acid groups (broad SMARTS) is 1. The lowest BCUT2D eigenvalue weighted by molar-refractivity contribution is -0.144. The lowest BCUT2D eigenvalue weighted by atomic mass is 10.1. The number of nitrogens with one attached hydrogen (secondary N) is 2. The zero-order chi connectivity index (χ0) is 34.3. The molecule has 3 aliphatic rings. The minimum atomic E-state index is -1.19. The van der Waals surface area contributed by atoms with E-state index in [-0.39, 0.29) is 23.3 Å². The number of rotatable bonds is 4. The molecule has 3 aromatic rings. The van der Waals surface area contributed by atoms with Gasteiger partial charge in [0.25, 0.3) is 0 Å². The first-order valence-electron chi connectivity index (χ1n) is 15.8. The molecule has 4 heterocycles. The summed E-state index contributed by atoms with van der Waals surface area (Å²) >= 11 is 1.55. The summed E-state index contributed by atoms with van der Waals surface area (Å²) in [7, 11) is 3.37. The van der Waals surface area contributed by atoms with Crippen LogP contribution in [0.25, 0.3) is 21.6 Å². The summed E-state index contributed by atoms with van der Waals surface area (Å²) in [5, 5.41) is 15.8. The fourth-order valence-electron chi connectivity index (χ4n) is 5.87. The summed E-state index contributed by atoms with van der Waals surface area (Å²) in [6.45, 7) is 5.42. The van der Waals surface area contributed by atoms with Crippen LogP contribution in [-0.2, 0) is 9.59 Å². The number of benzene rings is 1. The van der Waals surface area contributed by atoms with Gasteiger partial charge in [0.05, 0.1) is 24.0 Å². The molecule has 2 aliphatic heterocycles. The van der Waals surface area contributed by atoms with E-state index >= 15 is 0 Å². The molecular formula is C35H43N5O6S. The summed E-state index contributed by atoms with van der Waals surface area (Å²) < 4.78 is 5.21. The van der Waals surface area contributed by atoms with Gasteiger partial charge in [-0.1, -0.05) is 26.0 Å². The highest BCUT2D eigenvalue weighted by atomic mass is 32.1. The van der Waals surface area contributed by atoms with Crippen molar-refractivity contribution in [2.24, 2.45) is 5.92 Å². The van der Waals surface area contributed by atoms with Crippen molar-refractivity contribution in [3.8, 4) is 29.3 Å². The van der Waals surface area contributed by atoms with Crippen molar-refractivity contribution in [3.63, 3.8) is 0 Å². The number of terminal acetylenes is 1. The van der Waals surface area contributed by atoms with E-state index in [1.54, 1.807) is 53.5 Å². The van der Waals surface area contributed by atoms with Gasteiger partial charge in [0, 0.05) is 49.0 Å². The maximum Gasteiger partial charge on any atom is 0.330 e. The van der Waals surface area contributed by atoms with Gasteiger partial charge >= 0.3 is 12.0 Å². The van der Waals surface area contributed by atoms with Gasteiger partial charge < -0.3 is 29.9 Å². The Hall–Kier alpha value is -4.63. The topological polar surface area (TPSA) is 145 Å². The number of hydrogen-bond donors (Lipinski definition) is 3. The number of aliphatic carboxylic acids is 1. The Morgan fingerprint density at radius 2 is 1.91 bits per heavy atom. The number of ether oxygens (including phenoxy) is 1. The SMILES string of the molecule is C#C.CN1CCCC/C=C\[C@@H]2C[C@@]2(C(=O)O)NC(=O)[C@@H]2CCCN2C1=O.COc1ccc2c(=O)cc(-c3nc(C(C)C)cs3)[nH]c2c1. The normalized spacial score (nSPS) is 23.2. The molecule has 11 nitrogen and oxygen atoms in total. The Balaban J connectivity index is 0.000000204. The molecule has 1 saturated carbocycles. The number of methoxy groups -OCH3 is 1. The zero-order valence-corrected chi connectivity index (χ0v) is 28.1. The number of urea groups is 1. The molecule has 2 aromatic heterocycles. The number of H-pyrrole nitrogens is 1. The fraction of sp³-hybridized carbons (Fsp3) is 0.457. The Kier molecular flexibility index (Phi) is 11.5. The Bertz CT molecular complexity index is 1710. The summed E-state index contributed by atoms with van der Waals surface area (Å²) in [6.07, 6.45) is 16.4. The lowest BCUT2D eigenvalue weighted by Crippen LogP contribution is -2.54. The number of amides is 3. The number of aromatic amines is 1. The van der Waals surface area contributed by atoms with Crippen molar-refractivity contribution in [2.45, 2.75) is 69.9 Å². The summed E-state index contributed by atoms with van der Waals surface area (Å²) in [6, 6.07) is 6.30. The number of carbonyl (C=O) groups excluding carboxylic acids is 2. The first-order valence-corrected chi connectivity index (χ1v) is 16.7. The van der Waals surface area contributed by atoms with Gasteiger partial charge in [-0.2, -0.15) is 0 Å². The second-order valence-electron chi connectivity index (χ2n) is 12.2. The predicted molar refractivity (Wildman–Crippen MR) is 184 cm³/mol. The number of pyridine rings is 1. The third-order valence-corrected chi connectivity index (χ3v) is 9.63. The molecule has 250 valence electrons. The van der Waals surface area contributed by atoms with E-state index in [4.69, 9.17) is 4.74 Å². The maximum atomic E-state index is 12.7. The molecule has 6 rings (SSSR count). The first kappa shape index (κ1) is 35.2. The number of nitrogens with zero attached hydrogens (tertiary/aromatic N) is 3. The van der Waals surface area contributed by atoms with Gasteiger partial charge in [-0.15, -0.1) is 24.2 Å². The predicted octanol–water partition coefficient (Wildman–Crippen LogP) is 5.24. The van der Waals surface area contributed by atoms with Crippen LogP contribution in [-0.4, -0.2) is 81.6 Å². The second kappa shape index (κ2) is 15.3. The van der Waals surface area contributed by atoms with Gasteiger partial charge in [-0.25, -0.2) is 14.6 Å². The molecule has 1 aromatic carbocycles. The third kappa shape index (κ3) is 7.85. The molecule has 0 radical (unpaired) electrons. The van der Waals surface area contributed by atoms with Gasteiger partial charge in [-0.3, -0.25) is 9.59 Å². The molecular weight excluding hydrogens is 618 g/mol. The smallest absolute Gasteiger partial charge is 0.330 e. The van der Waals surface area contributed by atoms with Gasteiger partial charge in [0.15, 0.2) is 5.43 Å². The molecule has 47 heavy (non-hydrogen) atoms. The van der Waals surface area contributed by atoms with Crippen LogP contribution in [0.3, 0.4) is 0 Å². The minimum Gasteiger partial charge on any atom is -0.497 e. The summed E-state index contributed by atoms with van der Waals surface area (Å²) in [4.78, 5) is 60.3. The van der Waals surface area contributed by atoms with E-state index in [2.05, 4.69) is 42.0 Å². The van der Waals surface area contributed by atoms with E-state index in [1.807, 2.05) is 23.6 Å². The van der Waals surface area contributed by atoms with Crippen molar-refractivity contribution in [2.75, 3.05) is 27.2 Å². The molecule has 1 aliphatic carbocycles. The molecule has 2 fully saturated rings. The van der Waals surface area contributed by atoms with Crippen LogP contribution in [0.5, 0.6) is 5.75 Å². The van der Waals surface area contributed by atoms with Crippen molar-refractivity contribution in [3.05, 3.63) is 57.7 Å². The highest BCUT2D eigenvalue weighted by Crippen LogP contribution is 2.45. The van der Waals surface area contributed by atoms with E-state index in [0.29, 0.717) is 37.2 Å². The monoisotopic (exact) mass is 661 g/mol. The average Bonchev–Trinajstić information content (AvgIpc) is 3.40. The average molecular weight is 662 g/mol. The molecule has 12 heteroatoms. The first-order chi connectivity index (χ1) is 22.5. The molecule has 3 N–H and O–H groups in total. The standard InChI is InChI=1S/C17H25N3O4.C16H16N2O2S.C2H2/c1-19-9-5-3-2-4-7-12-11-17(12,15(22)23)18-14(21)13-8-6-10-20(13)16(19)24;1-9(2)14-8-21-16(18-14)13-7-15(19)11-5-4-10(20-3)6-12(11)17-13;1-2/h4,7,12-13H,2-3,5-6,8-11H2,1H3,(H,18,21)(H,22,23);4-9H,1-3H3,(H,17,19);1-2H/b7-4-;;/t12-,13+,17-;;/m1../s1. The van der Waals surface area contributed by atoms with Gasteiger partial charge in [-0.05, 0) is 56.6 Å². The summed E-state index contributed by atoms with van der Waals surface area (Å²) in [5.74, 6) is -0.398. The number of thiazole rings is 1. The molecule has 0 unspecified atom stereocenters. The van der Waals surface area contributed by atoms with Crippen molar-refractivity contribution in [1.82, 2.24) is 25.1 Å². The van der Waals surface area contributed by atoms with Gasteiger partial charge in [0.2, 0.25) is 5.91 Å². The van der Waals surface area contributed by atoms with Crippen LogP contribution >= 0.6 is 11.3 Å². The van der Waals surface area contributed by atoms with E-state index in [0.717, 1.165) is 53.3 Å². The molecule has 3 atom stereocenters. The maximum absolute atomic E-state index is 12.7. The Labute approximate surface area is 279 Å². The van der Waals surface area contributed by atoms with Crippen LogP contribution in [0.15, 0.2) is 46.6 Å². The Morgan fingerprint density at radius 3 is 2.60 bits per heavy atom.